The Labute approximate surface area is 263 Å². The quantitative estimate of drug-likeness (QED) is 0.103. The molecule has 8 nitrogen and oxygen atoms in total. The highest BCUT2D eigenvalue weighted by atomic mass is 16.5. The number of rotatable bonds is 26. The maximum absolute atomic E-state index is 13.3. The number of carboxylic acids is 2. The van der Waals surface area contributed by atoms with Crippen molar-refractivity contribution in [2.75, 3.05) is 19.7 Å². The molecule has 0 heterocycles. The zero-order valence-corrected chi connectivity index (χ0v) is 26.6. The zero-order chi connectivity index (χ0) is 31.8. The van der Waals surface area contributed by atoms with Gasteiger partial charge >= 0.3 is 11.9 Å². The van der Waals surface area contributed by atoms with Crippen LogP contribution < -0.4 is 9.47 Å². The molecule has 244 valence electrons. The van der Waals surface area contributed by atoms with E-state index in [1.54, 1.807) is 12.1 Å². The van der Waals surface area contributed by atoms with Crippen LogP contribution in [0.5, 0.6) is 11.5 Å². The molecule has 2 aromatic carbocycles. The summed E-state index contributed by atoms with van der Waals surface area (Å²) >= 11 is 0. The predicted molar refractivity (Wildman–Crippen MR) is 173 cm³/mol. The average molecular weight is 612 g/mol. The van der Waals surface area contributed by atoms with E-state index in [0.29, 0.717) is 12.4 Å². The molecule has 8 heteroatoms. The Kier molecular flexibility index (Phi) is 19.1. The minimum absolute atomic E-state index is 0.0629. The minimum Gasteiger partial charge on any atom is -0.494 e. The summed E-state index contributed by atoms with van der Waals surface area (Å²) in [4.78, 5) is 36.7. The van der Waals surface area contributed by atoms with Gasteiger partial charge in [-0.3, -0.25) is 14.4 Å². The van der Waals surface area contributed by atoms with Gasteiger partial charge in [-0.15, -0.1) is 0 Å². The first-order valence-electron chi connectivity index (χ1n) is 16.6. The number of nitrogens with zero attached hydrogens (tertiary/aromatic N) is 1. The molecule has 0 radical (unpaired) electrons. The topological polar surface area (TPSA) is 113 Å². The van der Waals surface area contributed by atoms with E-state index in [2.05, 4.69) is 6.92 Å². The van der Waals surface area contributed by atoms with E-state index in [9.17, 15) is 24.6 Å². The van der Waals surface area contributed by atoms with Gasteiger partial charge in [-0.2, -0.15) is 0 Å². The molecule has 0 aliphatic heterocycles. The lowest BCUT2D eigenvalue weighted by Gasteiger charge is -2.21. The number of unbranched alkanes of at least 4 members (excludes halogenated alkanes) is 15. The second-order valence-corrected chi connectivity index (χ2v) is 11.5. The summed E-state index contributed by atoms with van der Waals surface area (Å²) in [6.45, 7) is 1.46. The second-order valence-electron chi connectivity index (χ2n) is 11.5. The van der Waals surface area contributed by atoms with Gasteiger partial charge in [0.25, 0.3) is 5.91 Å². The van der Waals surface area contributed by atoms with Crippen molar-refractivity contribution in [1.82, 2.24) is 4.90 Å². The largest absolute Gasteiger partial charge is 0.494 e. The van der Waals surface area contributed by atoms with Gasteiger partial charge in [-0.05, 0) is 30.2 Å². The van der Waals surface area contributed by atoms with Crippen molar-refractivity contribution in [2.24, 2.45) is 0 Å². The van der Waals surface area contributed by atoms with Crippen molar-refractivity contribution < 1.29 is 34.1 Å². The Morgan fingerprint density at radius 2 is 1.14 bits per heavy atom. The number of benzene rings is 2. The Morgan fingerprint density at radius 1 is 0.636 bits per heavy atom. The Morgan fingerprint density at radius 3 is 1.64 bits per heavy atom. The number of hydrogen-bond acceptors (Lipinski definition) is 5. The van der Waals surface area contributed by atoms with Crippen molar-refractivity contribution in [3.8, 4) is 11.5 Å². The first-order chi connectivity index (χ1) is 21.4. The summed E-state index contributed by atoms with van der Waals surface area (Å²) < 4.78 is 11.8. The van der Waals surface area contributed by atoms with Gasteiger partial charge in [0.15, 0.2) is 0 Å². The molecule has 0 aliphatic rings. The monoisotopic (exact) mass is 611 g/mol. The fraction of sp³-hybridized carbons (Fsp3) is 0.583. The molecule has 2 rings (SSSR count). The van der Waals surface area contributed by atoms with Gasteiger partial charge in [-0.25, -0.2) is 0 Å². The number of carbonyl (C=O) groups excluding carboxylic acids is 1. The van der Waals surface area contributed by atoms with Gasteiger partial charge in [0.05, 0.1) is 12.2 Å². The summed E-state index contributed by atoms with van der Waals surface area (Å²) in [6, 6.07) is 14.2. The van der Waals surface area contributed by atoms with Gasteiger partial charge in [0.2, 0.25) is 0 Å². The highest BCUT2D eigenvalue weighted by molar-refractivity contribution is 6.00. The number of hydrogen-bond donors (Lipinski definition) is 2. The van der Waals surface area contributed by atoms with Gasteiger partial charge in [-0.1, -0.05) is 134 Å². The summed E-state index contributed by atoms with van der Waals surface area (Å²) in [5.41, 5.74) is 0.954. The lowest BCUT2D eigenvalue weighted by molar-refractivity contribution is -0.140. The van der Waals surface area contributed by atoms with Crippen molar-refractivity contribution in [1.29, 1.82) is 0 Å². The van der Waals surface area contributed by atoms with Gasteiger partial charge in [0.1, 0.15) is 31.2 Å². The van der Waals surface area contributed by atoms with Gasteiger partial charge < -0.3 is 24.6 Å². The first kappa shape index (κ1) is 36.6. The van der Waals surface area contributed by atoms with Crippen molar-refractivity contribution in [2.45, 2.75) is 116 Å². The van der Waals surface area contributed by atoms with Crippen LogP contribution in [0.15, 0.2) is 48.5 Å². The van der Waals surface area contributed by atoms with E-state index >= 15 is 0 Å². The molecule has 1 amide bonds. The summed E-state index contributed by atoms with van der Waals surface area (Å²) in [5.74, 6) is -2.67. The average Bonchev–Trinajstić information content (AvgIpc) is 3.01. The van der Waals surface area contributed by atoms with Crippen LogP contribution in [0.1, 0.15) is 126 Å². The van der Waals surface area contributed by atoms with Crippen LogP contribution in [-0.2, 0) is 16.2 Å². The van der Waals surface area contributed by atoms with E-state index in [1.165, 1.54) is 89.5 Å². The maximum atomic E-state index is 13.3. The Balaban J connectivity index is 1.76. The third-order valence-electron chi connectivity index (χ3n) is 7.62. The summed E-state index contributed by atoms with van der Waals surface area (Å²) in [6.07, 6.45) is 20.6. The van der Waals surface area contributed by atoms with Crippen LogP contribution in [0.4, 0.5) is 0 Å². The van der Waals surface area contributed by atoms with E-state index < -0.39 is 30.9 Å². The molecule has 0 saturated heterocycles. The number of carboxylic acid groups (broad SMARTS) is 2. The molecule has 0 aliphatic carbocycles. The van der Waals surface area contributed by atoms with Crippen LogP contribution in [0.25, 0.3) is 0 Å². The molecule has 0 saturated carbocycles. The zero-order valence-electron chi connectivity index (χ0n) is 26.6. The standard InChI is InChI=1S/C36H53NO7/c1-2-3-4-5-6-7-8-9-10-11-12-13-14-15-16-20-25-43-31-23-24-33(44-29-30-21-18-17-19-22-30)32(26-31)36(42)37(27-34(38)39)28-35(40)41/h17-19,21-24,26H,2-16,20,25,27-29H2,1H3,(H,38,39)(H,40,41). The smallest absolute Gasteiger partial charge is 0.323 e. The van der Waals surface area contributed by atoms with Crippen molar-refractivity contribution in [3.05, 3.63) is 59.7 Å². The summed E-state index contributed by atoms with van der Waals surface area (Å²) in [7, 11) is 0. The molecular formula is C36H53NO7. The molecule has 0 bridgehead atoms. The highest BCUT2D eigenvalue weighted by Gasteiger charge is 2.25. The van der Waals surface area contributed by atoms with Crippen LogP contribution in [0.3, 0.4) is 0 Å². The fourth-order valence-corrected chi connectivity index (χ4v) is 5.16. The molecule has 0 spiro atoms. The third kappa shape index (κ3) is 16.3. The Bertz CT molecular complexity index is 1070. The fourth-order valence-electron chi connectivity index (χ4n) is 5.16. The Hall–Kier alpha value is -3.55. The molecule has 2 N–H and O–H groups in total. The minimum atomic E-state index is -1.30. The van der Waals surface area contributed by atoms with Crippen LogP contribution in [-0.4, -0.2) is 52.7 Å². The van der Waals surface area contributed by atoms with E-state index in [4.69, 9.17) is 9.47 Å². The third-order valence-corrected chi connectivity index (χ3v) is 7.62. The second kappa shape index (κ2) is 22.9. The maximum Gasteiger partial charge on any atom is 0.323 e. The molecule has 0 atom stereocenters. The molecule has 0 aromatic heterocycles. The lowest BCUT2D eigenvalue weighted by atomic mass is 10.0. The molecule has 44 heavy (non-hydrogen) atoms. The van der Waals surface area contributed by atoms with E-state index in [1.807, 2.05) is 30.3 Å². The SMILES string of the molecule is CCCCCCCCCCCCCCCCCCOc1ccc(OCc2ccccc2)c(C(=O)N(CC(=O)O)CC(=O)O)c1. The first-order valence-corrected chi connectivity index (χ1v) is 16.6. The van der Waals surface area contributed by atoms with E-state index in [-0.39, 0.29) is 17.9 Å². The summed E-state index contributed by atoms with van der Waals surface area (Å²) in [5, 5.41) is 18.5. The van der Waals surface area contributed by atoms with Crippen molar-refractivity contribution in [3.63, 3.8) is 0 Å². The number of ether oxygens (including phenoxy) is 2. The number of carbonyl (C=O) groups is 3. The normalized spacial score (nSPS) is 10.8. The van der Waals surface area contributed by atoms with Crippen LogP contribution >= 0.6 is 0 Å². The van der Waals surface area contributed by atoms with Crippen LogP contribution in [0, 0.1) is 0 Å². The van der Waals surface area contributed by atoms with Crippen LogP contribution in [0.2, 0.25) is 0 Å². The molecule has 0 fully saturated rings. The molecule has 2 aromatic rings. The molecular weight excluding hydrogens is 558 g/mol. The predicted octanol–water partition coefficient (Wildman–Crippen LogP) is 8.52. The number of aliphatic carboxylic acids is 2. The lowest BCUT2D eigenvalue weighted by Crippen LogP contribution is -2.39. The molecule has 0 unspecified atom stereocenters. The highest BCUT2D eigenvalue weighted by Crippen LogP contribution is 2.27. The van der Waals surface area contributed by atoms with Crippen molar-refractivity contribution >= 4 is 17.8 Å². The van der Waals surface area contributed by atoms with Gasteiger partial charge in [0, 0.05) is 0 Å². The van der Waals surface area contributed by atoms with E-state index in [0.717, 1.165) is 29.7 Å². The number of amides is 1.